The van der Waals surface area contributed by atoms with Gasteiger partial charge in [0.25, 0.3) is 0 Å². The number of piperidine rings is 1. The van der Waals surface area contributed by atoms with E-state index in [9.17, 15) is 8.42 Å². The Kier molecular flexibility index (Phi) is 4.07. The van der Waals surface area contributed by atoms with E-state index in [1.165, 1.54) is 0 Å². The Hall–Kier alpha value is -0.170. The van der Waals surface area contributed by atoms with E-state index in [1.54, 1.807) is 0 Å². The van der Waals surface area contributed by atoms with Gasteiger partial charge < -0.3 is 10.1 Å². The van der Waals surface area contributed by atoms with Gasteiger partial charge in [-0.05, 0) is 45.2 Å². The Labute approximate surface area is 103 Å². The van der Waals surface area contributed by atoms with Crippen LogP contribution in [0.1, 0.15) is 26.2 Å². The number of hydrogen-bond donors (Lipinski definition) is 2. The molecular weight excluding hydrogens is 240 g/mol. The van der Waals surface area contributed by atoms with Gasteiger partial charge in [0.05, 0.1) is 17.9 Å². The zero-order valence-corrected chi connectivity index (χ0v) is 11.2. The van der Waals surface area contributed by atoms with E-state index in [2.05, 4.69) is 10.0 Å². The van der Waals surface area contributed by atoms with Crippen LogP contribution >= 0.6 is 0 Å². The molecule has 0 saturated carbocycles. The molecule has 0 radical (unpaired) electrons. The van der Waals surface area contributed by atoms with E-state index < -0.39 is 15.6 Å². The normalized spacial score (nSPS) is 35.0. The van der Waals surface area contributed by atoms with Crippen molar-refractivity contribution in [2.75, 3.05) is 32.1 Å². The second kappa shape index (κ2) is 5.22. The van der Waals surface area contributed by atoms with Gasteiger partial charge in [0.15, 0.2) is 0 Å². The van der Waals surface area contributed by atoms with Crippen LogP contribution in [-0.4, -0.2) is 46.0 Å². The lowest BCUT2D eigenvalue weighted by molar-refractivity contribution is 0.178. The van der Waals surface area contributed by atoms with E-state index in [0.717, 1.165) is 32.4 Å². The second-order valence-corrected chi connectivity index (χ2v) is 7.23. The molecular formula is C11H22N2O3S. The predicted molar refractivity (Wildman–Crippen MR) is 66.4 cm³/mol. The molecule has 0 amide bonds. The highest BCUT2D eigenvalue weighted by molar-refractivity contribution is 7.89. The Morgan fingerprint density at radius 3 is 2.94 bits per heavy atom. The SMILES string of the molecule is CC1(NS(=O)(=O)CC2CCCNC2)CCOC1. The summed E-state index contributed by atoms with van der Waals surface area (Å²) in [7, 11) is -3.19. The first-order chi connectivity index (χ1) is 7.99. The molecule has 2 rings (SSSR count). The Bertz CT molecular complexity index is 344. The fraction of sp³-hybridized carbons (Fsp3) is 1.00. The summed E-state index contributed by atoms with van der Waals surface area (Å²) in [6.07, 6.45) is 2.83. The quantitative estimate of drug-likeness (QED) is 0.753. The lowest BCUT2D eigenvalue weighted by atomic mass is 10.0. The number of ether oxygens (including phenoxy) is 1. The first-order valence-corrected chi connectivity index (χ1v) is 7.94. The zero-order valence-electron chi connectivity index (χ0n) is 10.4. The average molecular weight is 262 g/mol. The molecule has 6 heteroatoms. The molecule has 0 bridgehead atoms. The van der Waals surface area contributed by atoms with Crippen LogP contribution in [0.4, 0.5) is 0 Å². The Morgan fingerprint density at radius 1 is 1.53 bits per heavy atom. The van der Waals surface area contributed by atoms with Gasteiger partial charge in [-0.2, -0.15) is 0 Å². The summed E-state index contributed by atoms with van der Waals surface area (Å²) in [4.78, 5) is 0. The van der Waals surface area contributed by atoms with Crippen LogP contribution in [0, 0.1) is 5.92 Å². The molecule has 0 spiro atoms. The van der Waals surface area contributed by atoms with Crippen molar-refractivity contribution >= 4 is 10.0 Å². The zero-order chi connectivity index (χ0) is 12.4. The van der Waals surface area contributed by atoms with Crippen LogP contribution in [0.15, 0.2) is 0 Å². The van der Waals surface area contributed by atoms with Crippen LogP contribution in [0.3, 0.4) is 0 Å². The fourth-order valence-corrected chi connectivity index (χ4v) is 4.44. The van der Waals surface area contributed by atoms with Crippen LogP contribution in [0.5, 0.6) is 0 Å². The van der Waals surface area contributed by atoms with Gasteiger partial charge in [0, 0.05) is 6.61 Å². The molecule has 5 nitrogen and oxygen atoms in total. The summed E-state index contributed by atoms with van der Waals surface area (Å²) >= 11 is 0. The summed E-state index contributed by atoms with van der Waals surface area (Å²) in [6, 6.07) is 0. The minimum Gasteiger partial charge on any atom is -0.379 e. The van der Waals surface area contributed by atoms with Gasteiger partial charge >= 0.3 is 0 Å². The van der Waals surface area contributed by atoms with Crippen molar-refractivity contribution in [2.24, 2.45) is 5.92 Å². The van der Waals surface area contributed by atoms with Gasteiger partial charge in [0.1, 0.15) is 0 Å². The molecule has 0 aromatic heterocycles. The van der Waals surface area contributed by atoms with Crippen molar-refractivity contribution in [1.82, 2.24) is 10.0 Å². The molecule has 0 aliphatic carbocycles. The minimum atomic E-state index is -3.19. The maximum atomic E-state index is 12.1. The molecule has 0 aromatic rings. The molecule has 2 fully saturated rings. The number of rotatable bonds is 4. The lowest BCUT2D eigenvalue weighted by Gasteiger charge is -2.27. The first kappa shape index (κ1) is 13.3. The van der Waals surface area contributed by atoms with Crippen molar-refractivity contribution < 1.29 is 13.2 Å². The number of nitrogens with one attached hydrogen (secondary N) is 2. The Morgan fingerprint density at radius 2 is 2.35 bits per heavy atom. The van der Waals surface area contributed by atoms with E-state index in [0.29, 0.717) is 13.2 Å². The largest absolute Gasteiger partial charge is 0.379 e. The van der Waals surface area contributed by atoms with Gasteiger partial charge in [-0.15, -0.1) is 0 Å². The first-order valence-electron chi connectivity index (χ1n) is 6.29. The van der Waals surface area contributed by atoms with E-state index in [-0.39, 0.29) is 11.7 Å². The molecule has 100 valence electrons. The van der Waals surface area contributed by atoms with Gasteiger partial charge in [-0.1, -0.05) is 0 Å². The molecule has 2 unspecified atom stereocenters. The van der Waals surface area contributed by atoms with Gasteiger partial charge in [-0.25, -0.2) is 13.1 Å². The van der Waals surface area contributed by atoms with Gasteiger partial charge in [-0.3, -0.25) is 0 Å². The van der Waals surface area contributed by atoms with Crippen molar-refractivity contribution in [3.63, 3.8) is 0 Å². The topological polar surface area (TPSA) is 67.4 Å². The molecule has 2 aliphatic heterocycles. The summed E-state index contributed by atoms with van der Waals surface area (Å²) in [6.45, 7) is 4.86. The molecule has 2 N–H and O–H groups in total. The average Bonchev–Trinajstić information content (AvgIpc) is 2.64. The maximum absolute atomic E-state index is 12.1. The summed E-state index contributed by atoms with van der Waals surface area (Å²) in [5, 5.41) is 3.24. The third-order valence-corrected chi connectivity index (χ3v) is 5.19. The minimum absolute atomic E-state index is 0.232. The summed E-state index contributed by atoms with van der Waals surface area (Å²) in [5.74, 6) is 0.474. The van der Waals surface area contributed by atoms with Crippen molar-refractivity contribution in [2.45, 2.75) is 31.7 Å². The van der Waals surface area contributed by atoms with Crippen molar-refractivity contribution in [3.8, 4) is 0 Å². The van der Waals surface area contributed by atoms with Crippen LogP contribution < -0.4 is 10.0 Å². The van der Waals surface area contributed by atoms with Crippen LogP contribution in [-0.2, 0) is 14.8 Å². The Balaban J connectivity index is 1.89. The van der Waals surface area contributed by atoms with E-state index >= 15 is 0 Å². The monoisotopic (exact) mass is 262 g/mol. The highest BCUT2D eigenvalue weighted by Crippen LogP contribution is 2.20. The molecule has 2 atom stereocenters. The third kappa shape index (κ3) is 3.91. The molecule has 2 heterocycles. The molecule has 17 heavy (non-hydrogen) atoms. The summed E-state index contributed by atoms with van der Waals surface area (Å²) < 4.78 is 32.2. The van der Waals surface area contributed by atoms with Crippen molar-refractivity contribution in [1.29, 1.82) is 0 Å². The lowest BCUT2D eigenvalue weighted by Crippen LogP contribution is -2.49. The van der Waals surface area contributed by atoms with Crippen LogP contribution in [0.2, 0.25) is 0 Å². The highest BCUT2D eigenvalue weighted by Gasteiger charge is 2.34. The third-order valence-electron chi connectivity index (χ3n) is 3.47. The summed E-state index contributed by atoms with van der Waals surface area (Å²) in [5.41, 5.74) is -0.402. The number of sulfonamides is 1. The molecule has 2 saturated heterocycles. The number of hydrogen-bond acceptors (Lipinski definition) is 4. The fourth-order valence-electron chi connectivity index (χ4n) is 2.54. The maximum Gasteiger partial charge on any atom is 0.212 e. The van der Waals surface area contributed by atoms with E-state index in [4.69, 9.17) is 4.74 Å². The van der Waals surface area contributed by atoms with Gasteiger partial charge in [0.2, 0.25) is 10.0 Å². The standard InChI is InChI=1S/C11H22N2O3S/c1-11(4-6-16-9-11)13-17(14,15)8-10-3-2-5-12-7-10/h10,12-13H,2-9H2,1H3. The van der Waals surface area contributed by atoms with Crippen molar-refractivity contribution in [3.05, 3.63) is 0 Å². The highest BCUT2D eigenvalue weighted by atomic mass is 32.2. The smallest absolute Gasteiger partial charge is 0.212 e. The van der Waals surface area contributed by atoms with E-state index in [1.807, 2.05) is 6.92 Å². The second-order valence-electron chi connectivity index (χ2n) is 5.46. The molecule has 2 aliphatic rings. The molecule has 0 aromatic carbocycles. The van der Waals surface area contributed by atoms with Crippen LogP contribution in [0.25, 0.3) is 0 Å². The predicted octanol–water partition coefficient (Wildman–Crippen LogP) is 0.0844.